The second kappa shape index (κ2) is 4.93. The van der Waals surface area contributed by atoms with Gasteiger partial charge in [-0.15, -0.1) is 0 Å². The van der Waals surface area contributed by atoms with Crippen molar-refractivity contribution in [3.8, 4) is 0 Å². The summed E-state index contributed by atoms with van der Waals surface area (Å²) in [5, 5.41) is 9.40. The smallest absolute Gasteiger partial charge is 0.223 e. The number of hydrogen-bond acceptors (Lipinski definition) is 5. The Kier molecular flexibility index (Phi) is 3.54. The molecule has 0 atom stereocenters. The van der Waals surface area contributed by atoms with Crippen LogP contribution in [-0.4, -0.2) is 26.8 Å². The third-order valence-corrected chi connectivity index (χ3v) is 3.58. The molecule has 0 saturated heterocycles. The van der Waals surface area contributed by atoms with E-state index >= 15 is 0 Å². The predicted molar refractivity (Wildman–Crippen MR) is 68.7 cm³/mol. The lowest BCUT2D eigenvalue weighted by Gasteiger charge is -2.05. The van der Waals surface area contributed by atoms with E-state index in [1.807, 2.05) is 20.0 Å². The predicted octanol–water partition coefficient (Wildman–Crippen LogP) is 2.36. The Morgan fingerprint density at radius 1 is 1.47 bits per heavy atom. The maximum Gasteiger partial charge on any atom is 0.223 e. The molecule has 0 bridgehead atoms. The second-order valence-electron chi connectivity index (χ2n) is 3.45. The number of aromatic nitrogens is 4. The third kappa shape index (κ3) is 2.70. The highest BCUT2D eigenvalue weighted by atomic mass is 35.5. The van der Waals surface area contributed by atoms with Crippen molar-refractivity contribution in [2.45, 2.75) is 17.0 Å². The summed E-state index contributed by atoms with van der Waals surface area (Å²) >= 11 is 7.53. The topological polar surface area (TPSA) is 55.6 Å². The highest BCUT2D eigenvalue weighted by molar-refractivity contribution is 7.99. The van der Waals surface area contributed by atoms with Crippen LogP contribution in [0.4, 0.5) is 5.95 Å². The zero-order valence-corrected chi connectivity index (χ0v) is 11.3. The van der Waals surface area contributed by atoms with E-state index < -0.39 is 0 Å². The molecule has 17 heavy (non-hydrogen) atoms. The molecule has 2 rings (SSSR count). The van der Waals surface area contributed by atoms with Gasteiger partial charge in [-0.05, 0) is 24.8 Å². The molecule has 90 valence electrons. The fourth-order valence-electron chi connectivity index (χ4n) is 1.32. The second-order valence-corrected chi connectivity index (χ2v) is 4.86. The maximum atomic E-state index is 6.06. The van der Waals surface area contributed by atoms with Crippen LogP contribution >= 0.6 is 23.4 Å². The molecule has 7 heteroatoms. The molecule has 0 saturated carbocycles. The first-order valence-electron chi connectivity index (χ1n) is 4.99. The summed E-state index contributed by atoms with van der Waals surface area (Å²) in [4.78, 5) is 8.34. The Balaban J connectivity index is 2.32. The fourth-order valence-corrected chi connectivity index (χ4v) is 2.41. The molecule has 0 aliphatic heterocycles. The van der Waals surface area contributed by atoms with Gasteiger partial charge >= 0.3 is 0 Å². The summed E-state index contributed by atoms with van der Waals surface area (Å²) in [7, 11) is 3.66. The molecule has 0 aliphatic rings. The zero-order valence-electron chi connectivity index (χ0n) is 9.73. The van der Waals surface area contributed by atoms with Gasteiger partial charge in [0.05, 0.1) is 16.9 Å². The number of halogens is 1. The monoisotopic (exact) mass is 269 g/mol. The normalized spacial score (nSPS) is 10.6. The van der Waals surface area contributed by atoms with Gasteiger partial charge in [0.2, 0.25) is 5.95 Å². The summed E-state index contributed by atoms with van der Waals surface area (Å²) in [6.45, 7) is 1.95. The summed E-state index contributed by atoms with van der Waals surface area (Å²) < 4.78 is 1.80. The molecule has 0 spiro atoms. The molecule has 0 radical (unpaired) electrons. The Morgan fingerprint density at radius 2 is 2.24 bits per heavy atom. The lowest BCUT2D eigenvalue weighted by atomic mass is 10.5. The van der Waals surface area contributed by atoms with Gasteiger partial charge in [0, 0.05) is 14.1 Å². The van der Waals surface area contributed by atoms with Crippen molar-refractivity contribution >= 4 is 29.3 Å². The van der Waals surface area contributed by atoms with Crippen LogP contribution in [0.3, 0.4) is 0 Å². The van der Waals surface area contributed by atoms with Crippen LogP contribution in [0.2, 0.25) is 5.02 Å². The van der Waals surface area contributed by atoms with Gasteiger partial charge in [0.15, 0.2) is 0 Å². The molecule has 2 aromatic heterocycles. The minimum Gasteiger partial charge on any atom is -0.357 e. The van der Waals surface area contributed by atoms with Crippen LogP contribution in [0.25, 0.3) is 0 Å². The third-order valence-electron chi connectivity index (χ3n) is 2.10. The van der Waals surface area contributed by atoms with E-state index in [2.05, 4.69) is 20.4 Å². The first kappa shape index (κ1) is 12.2. The SMILES string of the molecule is CNc1ncc(Cl)c(Sc2cc(C)nn2C)n1. The van der Waals surface area contributed by atoms with Crippen molar-refractivity contribution in [2.24, 2.45) is 7.05 Å². The lowest BCUT2D eigenvalue weighted by Crippen LogP contribution is -1.98. The molecule has 0 fully saturated rings. The molecule has 0 aliphatic carbocycles. The van der Waals surface area contributed by atoms with Gasteiger partial charge in [-0.25, -0.2) is 9.97 Å². The van der Waals surface area contributed by atoms with E-state index in [1.54, 1.807) is 17.9 Å². The molecule has 0 aromatic carbocycles. The van der Waals surface area contributed by atoms with Crippen molar-refractivity contribution in [2.75, 3.05) is 12.4 Å². The lowest BCUT2D eigenvalue weighted by molar-refractivity contribution is 0.692. The minimum absolute atomic E-state index is 0.535. The molecule has 5 nitrogen and oxygen atoms in total. The summed E-state index contributed by atoms with van der Waals surface area (Å²) in [6, 6.07) is 1.99. The van der Waals surface area contributed by atoms with Gasteiger partial charge in [-0.3, -0.25) is 4.68 Å². The molecule has 0 amide bonds. The van der Waals surface area contributed by atoms with Crippen LogP contribution in [0.1, 0.15) is 5.69 Å². The highest BCUT2D eigenvalue weighted by Gasteiger charge is 2.10. The van der Waals surface area contributed by atoms with E-state index in [9.17, 15) is 0 Å². The van der Waals surface area contributed by atoms with Gasteiger partial charge in [-0.2, -0.15) is 5.10 Å². The van der Waals surface area contributed by atoms with E-state index in [-0.39, 0.29) is 0 Å². The number of rotatable bonds is 3. The van der Waals surface area contributed by atoms with E-state index in [0.717, 1.165) is 10.7 Å². The van der Waals surface area contributed by atoms with E-state index in [1.165, 1.54) is 11.8 Å². The van der Waals surface area contributed by atoms with Crippen LogP contribution < -0.4 is 5.32 Å². The fraction of sp³-hybridized carbons (Fsp3) is 0.300. The van der Waals surface area contributed by atoms with Gasteiger partial charge in [0.25, 0.3) is 0 Å². The zero-order chi connectivity index (χ0) is 12.4. The number of hydrogen-bond donors (Lipinski definition) is 1. The van der Waals surface area contributed by atoms with Crippen LogP contribution in [0.15, 0.2) is 22.3 Å². The Hall–Kier alpha value is -1.27. The van der Waals surface area contributed by atoms with Gasteiger partial charge in [-0.1, -0.05) is 11.6 Å². The largest absolute Gasteiger partial charge is 0.357 e. The van der Waals surface area contributed by atoms with E-state index in [0.29, 0.717) is 16.0 Å². The van der Waals surface area contributed by atoms with Crippen LogP contribution in [0.5, 0.6) is 0 Å². The van der Waals surface area contributed by atoms with Gasteiger partial charge in [0.1, 0.15) is 10.1 Å². The molecule has 0 unspecified atom stereocenters. The molecular formula is C10H12ClN5S. The average molecular weight is 270 g/mol. The summed E-state index contributed by atoms with van der Waals surface area (Å²) in [6.07, 6.45) is 1.59. The minimum atomic E-state index is 0.535. The van der Waals surface area contributed by atoms with Gasteiger partial charge < -0.3 is 5.32 Å². The first-order chi connectivity index (χ1) is 8.10. The van der Waals surface area contributed by atoms with Crippen molar-refractivity contribution in [1.82, 2.24) is 19.7 Å². The number of nitrogens with one attached hydrogen (secondary N) is 1. The van der Waals surface area contributed by atoms with Crippen LogP contribution in [-0.2, 0) is 7.05 Å². The quantitative estimate of drug-likeness (QED) is 0.867. The van der Waals surface area contributed by atoms with Crippen molar-refractivity contribution < 1.29 is 0 Å². The highest BCUT2D eigenvalue weighted by Crippen LogP contribution is 2.31. The Labute approximate surface area is 109 Å². The van der Waals surface area contributed by atoms with Crippen molar-refractivity contribution in [1.29, 1.82) is 0 Å². The average Bonchev–Trinajstić information content (AvgIpc) is 2.60. The molecular weight excluding hydrogens is 258 g/mol. The number of aryl methyl sites for hydroxylation is 2. The van der Waals surface area contributed by atoms with Crippen molar-refractivity contribution in [3.63, 3.8) is 0 Å². The van der Waals surface area contributed by atoms with E-state index in [4.69, 9.17) is 11.6 Å². The Morgan fingerprint density at radius 3 is 2.82 bits per heavy atom. The van der Waals surface area contributed by atoms with Crippen LogP contribution in [0, 0.1) is 6.92 Å². The Bertz CT molecular complexity index is 539. The molecule has 1 N–H and O–H groups in total. The molecule has 2 heterocycles. The standard InChI is InChI=1S/C10H12ClN5S/c1-6-4-8(16(3)15-6)17-9-7(11)5-13-10(12-2)14-9/h4-5H,1-3H3,(H,12,13,14). The molecule has 2 aromatic rings. The summed E-state index contributed by atoms with van der Waals surface area (Å²) in [5.41, 5.74) is 0.967. The number of anilines is 1. The maximum absolute atomic E-state index is 6.06. The number of nitrogens with zero attached hydrogens (tertiary/aromatic N) is 4. The van der Waals surface area contributed by atoms with Crippen molar-refractivity contribution in [3.05, 3.63) is 23.0 Å². The first-order valence-corrected chi connectivity index (χ1v) is 6.18. The summed E-state index contributed by atoms with van der Waals surface area (Å²) in [5.74, 6) is 0.552.